The van der Waals surface area contributed by atoms with Crippen molar-refractivity contribution < 1.29 is 18.8 Å². The standard InChI is InChI=1S/C15H13FN2O4/c1-22-14-6-5-12(18(20)21)9-13(14)17-15(19)8-10-3-2-4-11(16)7-10/h2-7,9H,8H2,1H3,(H,17,19). The fraction of sp³-hybridized carbons (Fsp3) is 0.133. The maximum absolute atomic E-state index is 13.1. The molecule has 7 heteroatoms. The highest BCUT2D eigenvalue weighted by molar-refractivity contribution is 5.94. The van der Waals surface area contributed by atoms with Crippen LogP contribution in [0.1, 0.15) is 5.56 Å². The van der Waals surface area contributed by atoms with Gasteiger partial charge in [0.05, 0.1) is 24.1 Å². The van der Waals surface area contributed by atoms with Crippen molar-refractivity contribution in [3.8, 4) is 5.75 Å². The number of carbonyl (C=O) groups excluding carboxylic acids is 1. The number of nitrogens with zero attached hydrogens (tertiary/aromatic N) is 1. The number of carbonyl (C=O) groups is 1. The molecule has 1 amide bonds. The molecule has 0 radical (unpaired) electrons. The molecule has 0 fully saturated rings. The second kappa shape index (κ2) is 6.66. The first-order valence-corrected chi connectivity index (χ1v) is 6.36. The van der Waals surface area contributed by atoms with E-state index in [2.05, 4.69) is 5.32 Å². The van der Waals surface area contributed by atoms with Gasteiger partial charge in [0.15, 0.2) is 0 Å². The van der Waals surface area contributed by atoms with E-state index in [0.29, 0.717) is 11.3 Å². The molecule has 0 aliphatic heterocycles. The molecular formula is C15H13FN2O4. The highest BCUT2D eigenvalue weighted by atomic mass is 19.1. The minimum Gasteiger partial charge on any atom is -0.495 e. The van der Waals surface area contributed by atoms with E-state index in [-0.39, 0.29) is 17.8 Å². The predicted molar refractivity (Wildman–Crippen MR) is 78.4 cm³/mol. The molecule has 0 atom stereocenters. The lowest BCUT2D eigenvalue weighted by Gasteiger charge is -2.10. The normalized spacial score (nSPS) is 10.1. The number of non-ortho nitro benzene ring substituents is 1. The van der Waals surface area contributed by atoms with Crippen molar-refractivity contribution in [1.82, 2.24) is 0 Å². The van der Waals surface area contributed by atoms with Gasteiger partial charge < -0.3 is 10.1 Å². The summed E-state index contributed by atoms with van der Waals surface area (Å²) in [6.07, 6.45) is -0.0520. The van der Waals surface area contributed by atoms with Crippen LogP contribution in [-0.4, -0.2) is 17.9 Å². The average Bonchev–Trinajstić information content (AvgIpc) is 2.47. The van der Waals surface area contributed by atoms with Crippen LogP contribution in [0, 0.1) is 15.9 Å². The van der Waals surface area contributed by atoms with Crippen molar-refractivity contribution in [1.29, 1.82) is 0 Å². The maximum atomic E-state index is 13.1. The Morgan fingerprint density at radius 2 is 2.09 bits per heavy atom. The summed E-state index contributed by atoms with van der Waals surface area (Å²) in [7, 11) is 1.39. The van der Waals surface area contributed by atoms with Crippen molar-refractivity contribution in [2.45, 2.75) is 6.42 Å². The molecule has 2 aromatic carbocycles. The lowest BCUT2D eigenvalue weighted by molar-refractivity contribution is -0.384. The van der Waals surface area contributed by atoms with Gasteiger partial charge >= 0.3 is 0 Å². The number of nitro groups is 1. The van der Waals surface area contributed by atoms with Crippen LogP contribution in [0.25, 0.3) is 0 Å². The first-order valence-electron chi connectivity index (χ1n) is 6.36. The molecule has 0 saturated carbocycles. The molecule has 1 N–H and O–H groups in total. The van der Waals surface area contributed by atoms with Gasteiger partial charge in [0.25, 0.3) is 5.69 Å². The molecule has 0 unspecified atom stereocenters. The Bertz CT molecular complexity index is 718. The van der Waals surface area contributed by atoms with E-state index in [1.54, 1.807) is 6.07 Å². The number of amides is 1. The first kappa shape index (κ1) is 15.4. The quantitative estimate of drug-likeness (QED) is 0.680. The number of nitrogens with one attached hydrogen (secondary N) is 1. The van der Waals surface area contributed by atoms with E-state index in [9.17, 15) is 19.3 Å². The Balaban J connectivity index is 2.16. The third-order valence-corrected chi connectivity index (χ3v) is 2.92. The molecule has 0 bridgehead atoms. The van der Waals surface area contributed by atoms with E-state index in [0.717, 1.165) is 0 Å². The van der Waals surface area contributed by atoms with E-state index < -0.39 is 16.6 Å². The van der Waals surface area contributed by atoms with Gasteiger partial charge in [-0.25, -0.2) is 4.39 Å². The summed E-state index contributed by atoms with van der Waals surface area (Å²) in [6.45, 7) is 0. The Kier molecular flexibility index (Phi) is 4.67. The zero-order valence-electron chi connectivity index (χ0n) is 11.7. The summed E-state index contributed by atoms with van der Waals surface area (Å²) in [5, 5.41) is 13.3. The van der Waals surface area contributed by atoms with Crippen molar-refractivity contribution in [3.63, 3.8) is 0 Å². The SMILES string of the molecule is COc1ccc([N+](=O)[O-])cc1NC(=O)Cc1cccc(F)c1. The van der Waals surface area contributed by atoms with Gasteiger partial charge in [-0.15, -0.1) is 0 Å². The van der Waals surface area contributed by atoms with Crippen LogP contribution < -0.4 is 10.1 Å². The van der Waals surface area contributed by atoms with Crippen LogP contribution in [0.3, 0.4) is 0 Å². The molecule has 0 spiro atoms. The van der Waals surface area contributed by atoms with E-state index in [1.165, 1.54) is 43.5 Å². The third kappa shape index (κ3) is 3.78. The van der Waals surface area contributed by atoms with Gasteiger partial charge in [-0.3, -0.25) is 14.9 Å². The van der Waals surface area contributed by atoms with Gasteiger partial charge in [0.1, 0.15) is 11.6 Å². The monoisotopic (exact) mass is 304 g/mol. The zero-order valence-corrected chi connectivity index (χ0v) is 11.7. The lowest BCUT2D eigenvalue weighted by Crippen LogP contribution is -2.15. The number of anilines is 1. The lowest BCUT2D eigenvalue weighted by atomic mass is 10.1. The highest BCUT2D eigenvalue weighted by Crippen LogP contribution is 2.28. The Morgan fingerprint density at radius 3 is 2.73 bits per heavy atom. The Hall–Kier alpha value is -2.96. The summed E-state index contributed by atoms with van der Waals surface area (Å²) in [6, 6.07) is 9.55. The van der Waals surface area contributed by atoms with Gasteiger partial charge in [0, 0.05) is 12.1 Å². The van der Waals surface area contributed by atoms with Gasteiger partial charge in [-0.2, -0.15) is 0 Å². The van der Waals surface area contributed by atoms with Crippen LogP contribution >= 0.6 is 0 Å². The van der Waals surface area contributed by atoms with Crippen molar-refractivity contribution in [3.05, 3.63) is 64.0 Å². The third-order valence-electron chi connectivity index (χ3n) is 2.92. The van der Waals surface area contributed by atoms with Gasteiger partial charge in [0.2, 0.25) is 5.91 Å². The molecule has 2 aromatic rings. The zero-order chi connectivity index (χ0) is 16.1. The van der Waals surface area contributed by atoms with Crippen LogP contribution in [0.2, 0.25) is 0 Å². The van der Waals surface area contributed by atoms with Crippen LogP contribution in [0.5, 0.6) is 5.75 Å². The minimum atomic E-state index is -0.568. The first-order chi connectivity index (χ1) is 10.5. The summed E-state index contributed by atoms with van der Waals surface area (Å²) in [5.41, 5.74) is 0.529. The molecule has 0 aliphatic carbocycles. The van der Waals surface area contributed by atoms with Crippen molar-refractivity contribution >= 4 is 17.3 Å². The number of benzene rings is 2. The molecule has 22 heavy (non-hydrogen) atoms. The van der Waals surface area contributed by atoms with E-state index in [4.69, 9.17) is 4.74 Å². The highest BCUT2D eigenvalue weighted by Gasteiger charge is 2.14. The maximum Gasteiger partial charge on any atom is 0.271 e. The number of nitro benzene ring substituents is 1. The Labute approximate surface area is 125 Å². The number of hydrogen-bond donors (Lipinski definition) is 1. The topological polar surface area (TPSA) is 81.5 Å². The second-order valence-electron chi connectivity index (χ2n) is 4.50. The minimum absolute atomic E-state index is 0.0520. The van der Waals surface area contributed by atoms with Crippen LogP contribution in [0.15, 0.2) is 42.5 Å². The van der Waals surface area contributed by atoms with Crippen LogP contribution in [0.4, 0.5) is 15.8 Å². The molecule has 0 heterocycles. The molecule has 2 rings (SSSR count). The molecule has 0 aliphatic rings. The van der Waals surface area contributed by atoms with Crippen molar-refractivity contribution in [2.24, 2.45) is 0 Å². The summed E-state index contributed by atoms with van der Waals surface area (Å²) in [4.78, 5) is 22.2. The molecule has 6 nitrogen and oxygen atoms in total. The Morgan fingerprint density at radius 1 is 1.32 bits per heavy atom. The largest absolute Gasteiger partial charge is 0.495 e. The van der Waals surface area contributed by atoms with Gasteiger partial charge in [-0.05, 0) is 23.8 Å². The number of ether oxygens (including phenoxy) is 1. The number of halogens is 1. The average molecular weight is 304 g/mol. The van der Waals surface area contributed by atoms with E-state index >= 15 is 0 Å². The van der Waals surface area contributed by atoms with Crippen LogP contribution in [-0.2, 0) is 11.2 Å². The number of rotatable bonds is 5. The number of hydrogen-bond acceptors (Lipinski definition) is 4. The molecule has 114 valence electrons. The molecule has 0 aromatic heterocycles. The van der Waals surface area contributed by atoms with Crippen molar-refractivity contribution in [2.75, 3.05) is 12.4 Å². The smallest absolute Gasteiger partial charge is 0.271 e. The summed E-state index contributed by atoms with van der Waals surface area (Å²) in [5.74, 6) is -0.555. The fourth-order valence-electron chi connectivity index (χ4n) is 1.93. The number of methoxy groups -OCH3 is 1. The summed E-state index contributed by atoms with van der Waals surface area (Å²) < 4.78 is 18.1. The molecular weight excluding hydrogens is 291 g/mol. The van der Waals surface area contributed by atoms with E-state index in [1.807, 2.05) is 0 Å². The van der Waals surface area contributed by atoms with Gasteiger partial charge in [-0.1, -0.05) is 12.1 Å². The molecule has 0 saturated heterocycles. The predicted octanol–water partition coefficient (Wildman–Crippen LogP) is 2.92. The fourth-order valence-corrected chi connectivity index (χ4v) is 1.93. The second-order valence-corrected chi connectivity index (χ2v) is 4.50. The summed E-state index contributed by atoms with van der Waals surface area (Å²) >= 11 is 0.